The molecule has 0 aliphatic carbocycles. The van der Waals surface area contributed by atoms with Crippen molar-refractivity contribution in [3.63, 3.8) is 0 Å². The van der Waals surface area contributed by atoms with E-state index in [1.165, 1.54) is 25.9 Å². The number of nitrogens with zero attached hydrogens (tertiary/aromatic N) is 2. The second-order valence-electron chi connectivity index (χ2n) is 4.96. The van der Waals surface area contributed by atoms with E-state index < -0.39 is 0 Å². The highest BCUT2D eigenvalue weighted by Gasteiger charge is 2.03. The van der Waals surface area contributed by atoms with Crippen molar-refractivity contribution in [2.24, 2.45) is 10.7 Å². The van der Waals surface area contributed by atoms with Crippen LogP contribution in [-0.4, -0.2) is 56.8 Å². The van der Waals surface area contributed by atoms with Gasteiger partial charge in [-0.1, -0.05) is 13.8 Å². The van der Waals surface area contributed by atoms with E-state index in [-0.39, 0.29) is 6.04 Å². The van der Waals surface area contributed by atoms with E-state index in [0.29, 0.717) is 12.6 Å². The third-order valence-corrected chi connectivity index (χ3v) is 2.81. The lowest BCUT2D eigenvalue weighted by Crippen LogP contribution is -2.40. The van der Waals surface area contributed by atoms with E-state index in [2.05, 4.69) is 29.1 Å². The molecule has 5 nitrogen and oxygen atoms in total. The summed E-state index contributed by atoms with van der Waals surface area (Å²) in [5.74, 6) is 0.516. The molecule has 3 N–H and O–H groups in total. The van der Waals surface area contributed by atoms with Gasteiger partial charge in [0.1, 0.15) is 0 Å². The Balaban J connectivity index is 3.79. The van der Waals surface area contributed by atoms with E-state index in [4.69, 9.17) is 10.5 Å². The highest BCUT2D eigenvalue weighted by Crippen LogP contribution is 1.96. The number of hydrogen-bond acceptors (Lipinski definition) is 3. The third-order valence-electron chi connectivity index (χ3n) is 2.81. The van der Waals surface area contributed by atoms with Crippen molar-refractivity contribution in [1.29, 1.82) is 0 Å². The Bertz CT molecular complexity index is 227. The highest BCUT2D eigenvalue weighted by molar-refractivity contribution is 5.78. The molecule has 0 saturated carbocycles. The van der Waals surface area contributed by atoms with Gasteiger partial charge in [0.15, 0.2) is 5.96 Å². The zero-order valence-corrected chi connectivity index (χ0v) is 13.1. The van der Waals surface area contributed by atoms with Gasteiger partial charge in [-0.05, 0) is 45.8 Å². The minimum absolute atomic E-state index is 0.199. The van der Waals surface area contributed by atoms with Crippen molar-refractivity contribution < 1.29 is 4.74 Å². The first kappa shape index (κ1) is 18.2. The Morgan fingerprint density at radius 3 is 2.42 bits per heavy atom. The highest BCUT2D eigenvalue weighted by atomic mass is 16.5. The summed E-state index contributed by atoms with van der Waals surface area (Å²) in [5.41, 5.74) is 5.81. The molecule has 0 aromatic carbocycles. The number of hydrogen-bond donors (Lipinski definition) is 2. The van der Waals surface area contributed by atoms with Crippen LogP contribution < -0.4 is 11.1 Å². The number of guanidine groups is 1. The van der Waals surface area contributed by atoms with Gasteiger partial charge in [0.25, 0.3) is 0 Å². The third kappa shape index (κ3) is 10.8. The molecule has 0 saturated heterocycles. The summed E-state index contributed by atoms with van der Waals surface area (Å²) < 4.78 is 5.04. The van der Waals surface area contributed by atoms with Crippen LogP contribution in [0.3, 0.4) is 0 Å². The van der Waals surface area contributed by atoms with Gasteiger partial charge < -0.3 is 20.7 Å². The molecule has 0 fully saturated rings. The van der Waals surface area contributed by atoms with E-state index in [9.17, 15) is 0 Å². The van der Waals surface area contributed by atoms with Crippen LogP contribution in [0.5, 0.6) is 0 Å². The van der Waals surface area contributed by atoms with Crippen LogP contribution in [0.2, 0.25) is 0 Å². The molecule has 0 bridgehead atoms. The molecule has 0 aliphatic heterocycles. The zero-order chi connectivity index (χ0) is 14.5. The van der Waals surface area contributed by atoms with Gasteiger partial charge in [0, 0.05) is 19.7 Å². The lowest BCUT2D eigenvalue weighted by atomic mass is 10.3. The summed E-state index contributed by atoms with van der Waals surface area (Å²) in [5, 5.41) is 3.11. The maximum Gasteiger partial charge on any atom is 0.188 e. The first-order chi connectivity index (χ1) is 9.13. The molecule has 0 aliphatic rings. The minimum Gasteiger partial charge on any atom is -0.383 e. The average Bonchev–Trinajstić information content (AvgIpc) is 2.35. The molecule has 0 heterocycles. The Labute approximate surface area is 118 Å². The van der Waals surface area contributed by atoms with Crippen molar-refractivity contribution in [2.45, 2.75) is 46.1 Å². The van der Waals surface area contributed by atoms with E-state index in [1.54, 1.807) is 7.11 Å². The Kier molecular flexibility index (Phi) is 11.7. The summed E-state index contributed by atoms with van der Waals surface area (Å²) in [6, 6.07) is 0.199. The van der Waals surface area contributed by atoms with Crippen LogP contribution in [0.15, 0.2) is 4.99 Å². The van der Waals surface area contributed by atoms with E-state index >= 15 is 0 Å². The molecule has 0 aromatic heterocycles. The van der Waals surface area contributed by atoms with Gasteiger partial charge in [-0.25, -0.2) is 0 Å². The Morgan fingerprint density at radius 2 is 1.89 bits per heavy atom. The van der Waals surface area contributed by atoms with Crippen LogP contribution in [0, 0.1) is 0 Å². The van der Waals surface area contributed by atoms with Crippen LogP contribution in [0.25, 0.3) is 0 Å². The minimum atomic E-state index is 0.199. The number of aliphatic imine (C=N–C) groups is 1. The van der Waals surface area contributed by atoms with Gasteiger partial charge in [-0.3, -0.25) is 4.99 Å². The predicted molar refractivity (Wildman–Crippen MR) is 82.6 cm³/mol. The molecule has 0 spiro atoms. The molecule has 0 rings (SSSR count). The molecule has 0 aromatic rings. The van der Waals surface area contributed by atoms with Crippen molar-refractivity contribution in [3.05, 3.63) is 0 Å². The number of methoxy groups -OCH3 is 1. The summed E-state index contributed by atoms with van der Waals surface area (Å²) in [4.78, 5) is 6.83. The largest absolute Gasteiger partial charge is 0.383 e. The molecule has 1 atom stereocenters. The molecule has 19 heavy (non-hydrogen) atoms. The second kappa shape index (κ2) is 12.2. The molecule has 0 radical (unpaired) electrons. The Morgan fingerprint density at radius 1 is 1.26 bits per heavy atom. The van der Waals surface area contributed by atoms with Crippen LogP contribution in [-0.2, 0) is 4.74 Å². The smallest absolute Gasteiger partial charge is 0.188 e. The summed E-state index contributed by atoms with van der Waals surface area (Å²) in [6.45, 7) is 11.3. The van der Waals surface area contributed by atoms with E-state index in [1.807, 2.05) is 6.92 Å². The lowest BCUT2D eigenvalue weighted by molar-refractivity contribution is 0.179. The fourth-order valence-electron chi connectivity index (χ4n) is 2.05. The SMILES string of the molecule is CCCN(CCC)CCCN=C(N)NC(C)COC. The first-order valence-corrected chi connectivity index (χ1v) is 7.41. The lowest BCUT2D eigenvalue weighted by Gasteiger charge is -2.20. The molecule has 114 valence electrons. The van der Waals surface area contributed by atoms with Crippen LogP contribution in [0.4, 0.5) is 0 Å². The molecule has 5 heteroatoms. The average molecular weight is 272 g/mol. The second-order valence-corrected chi connectivity index (χ2v) is 4.96. The molecule has 1 unspecified atom stereocenters. The topological polar surface area (TPSA) is 62.9 Å². The molecular weight excluding hydrogens is 240 g/mol. The van der Waals surface area contributed by atoms with Crippen molar-refractivity contribution >= 4 is 5.96 Å². The van der Waals surface area contributed by atoms with Crippen LogP contribution in [0.1, 0.15) is 40.0 Å². The van der Waals surface area contributed by atoms with Gasteiger partial charge >= 0.3 is 0 Å². The van der Waals surface area contributed by atoms with Crippen molar-refractivity contribution in [3.8, 4) is 0 Å². The number of rotatable bonds is 11. The fourth-order valence-corrected chi connectivity index (χ4v) is 2.05. The van der Waals surface area contributed by atoms with Crippen LogP contribution >= 0.6 is 0 Å². The molecule has 0 amide bonds. The maximum absolute atomic E-state index is 5.81. The number of nitrogens with two attached hydrogens (primary N) is 1. The van der Waals surface area contributed by atoms with Gasteiger partial charge in [0.05, 0.1) is 6.61 Å². The standard InChI is InChI=1S/C14H32N4O/c1-5-9-18(10-6-2)11-7-8-16-14(15)17-13(3)12-19-4/h13H,5-12H2,1-4H3,(H3,15,16,17). The van der Waals surface area contributed by atoms with Crippen molar-refractivity contribution in [1.82, 2.24) is 10.2 Å². The first-order valence-electron chi connectivity index (χ1n) is 7.41. The van der Waals surface area contributed by atoms with Gasteiger partial charge in [-0.2, -0.15) is 0 Å². The zero-order valence-electron chi connectivity index (χ0n) is 13.1. The quantitative estimate of drug-likeness (QED) is 0.339. The summed E-state index contributed by atoms with van der Waals surface area (Å²) in [6.07, 6.45) is 3.48. The van der Waals surface area contributed by atoms with Gasteiger partial charge in [0.2, 0.25) is 0 Å². The predicted octanol–water partition coefficient (Wildman–Crippen LogP) is 1.44. The normalized spacial score (nSPS) is 13.8. The van der Waals surface area contributed by atoms with E-state index in [0.717, 1.165) is 19.5 Å². The fraction of sp³-hybridized carbons (Fsp3) is 0.929. The Hall–Kier alpha value is -0.810. The summed E-state index contributed by atoms with van der Waals surface area (Å²) in [7, 11) is 1.68. The monoisotopic (exact) mass is 272 g/mol. The molecular formula is C14H32N4O. The van der Waals surface area contributed by atoms with Gasteiger partial charge in [-0.15, -0.1) is 0 Å². The van der Waals surface area contributed by atoms with Crippen molar-refractivity contribution in [2.75, 3.05) is 39.9 Å². The maximum atomic E-state index is 5.81. The summed E-state index contributed by atoms with van der Waals surface area (Å²) >= 11 is 0. The number of ether oxygens (including phenoxy) is 1. The number of nitrogens with one attached hydrogen (secondary N) is 1.